The smallest absolute Gasteiger partial charge is 0.263 e. The van der Waals surface area contributed by atoms with E-state index in [1.54, 1.807) is 19.1 Å². The maximum absolute atomic E-state index is 12.3. The first kappa shape index (κ1) is 14.2. The van der Waals surface area contributed by atoms with Gasteiger partial charge in [-0.1, -0.05) is 17.7 Å². The highest BCUT2D eigenvalue weighted by molar-refractivity contribution is 7.92. The molecule has 0 amide bonds. The molecule has 0 saturated heterocycles. The van der Waals surface area contributed by atoms with Gasteiger partial charge in [-0.2, -0.15) is 5.26 Å². The van der Waals surface area contributed by atoms with Gasteiger partial charge < -0.3 is 0 Å². The van der Waals surface area contributed by atoms with Gasteiger partial charge in [0.25, 0.3) is 10.0 Å². The van der Waals surface area contributed by atoms with E-state index in [1.807, 2.05) is 6.07 Å². The largest absolute Gasteiger partial charge is 0.263 e. The van der Waals surface area contributed by atoms with Crippen molar-refractivity contribution in [1.29, 1.82) is 5.26 Å². The molecule has 1 N–H and O–H groups in total. The number of halogens is 1. The number of hydrogen-bond donors (Lipinski definition) is 1. The molecule has 0 aliphatic heterocycles. The molecule has 0 unspecified atom stereocenters. The van der Waals surface area contributed by atoms with Crippen LogP contribution in [-0.2, 0) is 10.0 Å². The predicted molar refractivity (Wildman–Crippen MR) is 73.7 cm³/mol. The fourth-order valence-electron chi connectivity index (χ4n) is 1.54. The maximum Gasteiger partial charge on any atom is 0.263 e. The number of benzene rings is 1. The van der Waals surface area contributed by atoms with E-state index in [1.165, 1.54) is 12.1 Å². The summed E-state index contributed by atoms with van der Waals surface area (Å²) in [5.74, 6) is 0.0618. The van der Waals surface area contributed by atoms with E-state index < -0.39 is 10.0 Å². The van der Waals surface area contributed by atoms with Crippen LogP contribution in [-0.4, -0.2) is 18.4 Å². The summed E-state index contributed by atoms with van der Waals surface area (Å²) in [6.45, 7) is 1.64. The normalized spacial score (nSPS) is 10.8. The molecular formula is C12H9ClN4O2S. The Morgan fingerprint density at radius 2 is 2.05 bits per heavy atom. The number of rotatable bonds is 3. The van der Waals surface area contributed by atoms with Crippen LogP contribution in [0.5, 0.6) is 0 Å². The summed E-state index contributed by atoms with van der Waals surface area (Å²) >= 11 is 5.67. The van der Waals surface area contributed by atoms with Gasteiger partial charge in [-0.3, -0.25) is 4.72 Å². The molecule has 8 heteroatoms. The molecule has 1 heterocycles. The third-order valence-electron chi connectivity index (χ3n) is 2.48. The minimum absolute atomic E-state index is 0.0197. The Morgan fingerprint density at radius 1 is 1.30 bits per heavy atom. The van der Waals surface area contributed by atoms with E-state index in [4.69, 9.17) is 16.9 Å². The van der Waals surface area contributed by atoms with E-state index in [0.717, 1.165) is 6.33 Å². The summed E-state index contributed by atoms with van der Waals surface area (Å²) < 4.78 is 26.9. The number of nitriles is 1. The highest BCUT2D eigenvalue weighted by Gasteiger charge is 2.18. The van der Waals surface area contributed by atoms with Crippen molar-refractivity contribution in [2.45, 2.75) is 11.8 Å². The summed E-state index contributed by atoms with van der Waals surface area (Å²) in [5, 5.41) is 8.97. The average Bonchev–Trinajstić information content (AvgIpc) is 2.38. The lowest BCUT2D eigenvalue weighted by atomic mass is 10.2. The van der Waals surface area contributed by atoms with E-state index in [0.29, 0.717) is 5.56 Å². The van der Waals surface area contributed by atoms with Crippen LogP contribution in [0.3, 0.4) is 0 Å². The third kappa shape index (κ3) is 3.04. The molecule has 20 heavy (non-hydrogen) atoms. The summed E-state index contributed by atoms with van der Waals surface area (Å²) in [6.07, 6.45) is 1.15. The fraction of sp³-hybridized carbons (Fsp3) is 0.0833. The van der Waals surface area contributed by atoms with Gasteiger partial charge in [0.2, 0.25) is 0 Å². The van der Waals surface area contributed by atoms with Gasteiger partial charge >= 0.3 is 0 Å². The van der Waals surface area contributed by atoms with Crippen molar-refractivity contribution in [3.05, 3.63) is 46.9 Å². The quantitative estimate of drug-likeness (QED) is 0.876. The molecule has 0 bridgehead atoms. The van der Waals surface area contributed by atoms with E-state index >= 15 is 0 Å². The fourth-order valence-corrected chi connectivity index (χ4v) is 2.96. The molecule has 0 saturated carbocycles. The zero-order valence-corrected chi connectivity index (χ0v) is 11.9. The number of nitrogens with zero attached hydrogens (tertiary/aromatic N) is 3. The number of anilines is 1. The molecular weight excluding hydrogens is 300 g/mol. The van der Waals surface area contributed by atoms with Crippen molar-refractivity contribution >= 4 is 27.4 Å². The minimum atomic E-state index is -3.84. The average molecular weight is 309 g/mol. The molecule has 0 atom stereocenters. The van der Waals surface area contributed by atoms with Crippen LogP contribution < -0.4 is 4.72 Å². The molecule has 2 aromatic rings. The highest BCUT2D eigenvalue weighted by Crippen LogP contribution is 2.20. The molecule has 0 radical (unpaired) electrons. The van der Waals surface area contributed by atoms with Crippen LogP contribution >= 0.6 is 11.6 Å². The SMILES string of the molecule is Cc1ccc(C#N)cc1S(=O)(=O)Nc1cc(Cl)ncn1. The number of nitrogens with one attached hydrogen (secondary N) is 1. The molecule has 1 aromatic heterocycles. The molecule has 2 rings (SSSR count). The number of hydrogen-bond acceptors (Lipinski definition) is 5. The highest BCUT2D eigenvalue weighted by atomic mass is 35.5. The second kappa shape index (κ2) is 5.45. The van der Waals surface area contributed by atoms with Crippen molar-refractivity contribution < 1.29 is 8.42 Å². The lowest BCUT2D eigenvalue weighted by Gasteiger charge is -2.09. The molecule has 102 valence electrons. The number of sulfonamides is 1. The standard InChI is InChI=1S/C12H9ClN4O2S/c1-8-2-3-9(6-14)4-10(8)20(18,19)17-12-5-11(13)15-7-16-12/h2-5,7H,1H3,(H,15,16,17). The van der Waals surface area contributed by atoms with Crippen molar-refractivity contribution in [2.24, 2.45) is 0 Å². The topological polar surface area (TPSA) is 95.7 Å². The van der Waals surface area contributed by atoms with Gasteiger partial charge in [0, 0.05) is 6.07 Å². The molecule has 0 aliphatic rings. The lowest BCUT2D eigenvalue weighted by molar-refractivity contribution is 0.600. The van der Waals surface area contributed by atoms with E-state index in [-0.39, 0.29) is 21.4 Å². The Balaban J connectivity index is 2.43. The molecule has 6 nitrogen and oxygen atoms in total. The minimum Gasteiger partial charge on any atom is -0.263 e. The van der Waals surface area contributed by atoms with Crippen LogP contribution in [0, 0.1) is 18.3 Å². The van der Waals surface area contributed by atoms with Crippen LogP contribution in [0.15, 0.2) is 35.5 Å². The Kier molecular flexibility index (Phi) is 3.88. The zero-order chi connectivity index (χ0) is 14.8. The zero-order valence-electron chi connectivity index (χ0n) is 10.3. The Labute approximate surface area is 121 Å². The van der Waals surface area contributed by atoms with Crippen molar-refractivity contribution in [3.63, 3.8) is 0 Å². The van der Waals surface area contributed by atoms with Gasteiger partial charge in [0.1, 0.15) is 17.3 Å². The van der Waals surface area contributed by atoms with Crippen molar-refractivity contribution in [3.8, 4) is 6.07 Å². The Morgan fingerprint density at radius 3 is 2.70 bits per heavy atom. The van der Waals surface area contributed by atoms with Gasteiger partial charge in [0.15, 0.2) is 0 Å². The summed E-state index contributed by atoms with van der Waals surface area (Å²) in [5.41, 5.74) is 0.786. The summed E-state index contributed by atoms with van der Waals surface area (Å²) in [7, 11) is -3.84. The summed E-state index contributed by atoms with van der Waals surface area (Å²) in [6, 6.07) is 7.62. The van der Waals surface area contributed by atoms with Gasteiger partial charge in [0.05, 0.1) is 16.5 Å². The van der Waals surface area contributed by atoms with Crippen molar-refractivity contribution in [2.75, 3.05) is 4.72 Å². The molecule has 0 spiro atoms. The molecule has 0 aliphatic carbocycles. The van der Waals surface area contributed by atoms with Gasteiger partial charge in [-0.05, 0) is 24.6 Å². The van der Waals surface area contributed by atoms with E-state index in [2.05, 4.69) is 14.7 Å². The van der Waals surface area contributed by atoms with Gasteiger partial charge in [-0.25, -0.2) is 18.4 Å². The third-order valence-corrected chi connectivity index (χ3v) is 4.18. The van der Waals surface area contributed by atoms with Crippen LogP contribution in [0.1, 0.15) is 11.1 Å². The second-order valence-electron chi connectivity index (χ2n) is 3.92. The van der Waals surface area contributed by atoms with Crippen LogP contribution in [0.2, 0.25) is 5.15 Å². The first-order chi connectivity index (χ1) is 9.42. The lowest BCUT2D eigenvalue weighted by Crippen LogP contribution is -2.15. The number of aryl methyl sites for hydroxylation is 1. The first-order valence-electron chi connectivity index (χ1n) is 5.43. The second-order valence-corrected chi connectivity index (χ2v) is 5.96. The molecule has 1 aromatic carbocycles. The Hall–Kier alpha value is -2.17. The number of aromatic nitrogens is 2. The Bertz CT molecular complexity index is 799. The first-order valence-corrected chi connectivity index (χ1v) is 7.29. The molecule has 0 fully saturated rings. The van der Waals surface area contributed by atoms with E-state index in [9.17, 15) is 8.42 Å². The predicted octanol–water partition coefficient (Wildman–Crippen LogP) is 2.11. The van der Waals surface area contributed by atoms with Crippen LogP contribution in [0.25, 0.3) is 0 Å². The maximum atomic E-state index is 12.3. The van der Waals surface area contributed by atoms with Crippen LogP contribution in [0.4, 0.5) is 5.82 Å². The van der Waals surface area contributed by atoms with Gasteiger partial charge in [-0.15, -0.1) is 0 Å². The summed E-state index contributed by atoms with van der Waals surface area (Å²) in [4.78, 5) is 7.46. The monoisotopic (exact) mass is 308 g/mol. The van der Waals surface area contributed by atoms with Crippen molar-refractivity contribution in [1.82, 2.24) is 9.97 Å².